The van der Waals surface area contributed by atoms with Gasteiger partial charge in [-0.3, -0.25) is 14.9 Å². The second-order valence-corrected chi connectivity index (χ2v) is 4.94. The van der Waals surface area contributed by atoms with E-state index in [0.29, 0.717) is 12.1 Å². The topological polar surface area (TPSA) is 72.2 Å². The lowest BCUT2D eigenvalue weighted by Crippen LogP contribution is -2.30. The molecule has 1 aromatic carbocycles. The second-order valence-electron chi connectivity index (χ2n) is 4.32. The monoisotopic (exact) mass is 284 g/mol. The quantitative estimate of drug-likeness (QED) is 0.496. The van der Waals surface area contributed by atoms with E-state index in [1.54, 1.807) is 19.1 Å². The number of nitrogens with zero attached hydrogens (tertiary/aromatic N) is 1. The number of amides is 1. The van der Waals surface area contributed by atoms with Crippen molar-refractivity contribution in [2.24, 2.45) is 0 Å². The largest absolute Gasteiger partial charge is 0.350 e. The first kappa shape index (κ1) is 15.4. The van der Waals surface area contributed by atoms with Crippen LogP contribution in [0.25, 0.3) is 0 Å². The number of hydrogen-bond acceptors (Lipinski definition) is 3. The second kappa shape index (κ2) is 7.09. The third kappa shape index (κ3) is 4.21. The number of halogens is 1. The minimum atomic E-state index is -0.549. The maximum absolute atomic E-state index is 12.0. The summed E-state index contributed by atoms with van der Waals surface area (Å²) in [5.41, 5.74) is 0.500. The molecule has 1 amide bonds. The van der Waals surface area contributed by atoms with E-state index in [9.17, 15) is 14.9 Å². The van der Waals surface area contributed by atoms with E-state index in [0.717, 1.165) is 12.8 Å². The van der Waals surface area contributed by atoms with Crippen molar-refractivity contribution in [1.29, 1.82) is 0 Å². The number of rotatable bonds is 6. The first-order chi connectivity index (χ1) is 8.97. The van der Waals surface area contributed by atoms with E-state index in [1.165, 1.54) is 6.07 Å². The summed E-state index contributed by atoms with van der Waals surface area (Å²) in [6.07, 6.45) is 1.71. The van der Waals surface area contributed by atoms with Crippen LogP contribution < -0.4 is 5.32 Å². The average Bonchev–Trinajstić information content (AvgIpc) is 2.36. The number of carbonyl (C=O) groups excluding carboxylic acids is 1. The van der Waals surface area contributed by atoms with Gasteiger partial charge in [-0.15, -0.1) is 11.6 Å². The molecule has 0 saturated heterocycles. The maximum atomic E-state index is 12.0. The Kier molecular flexibility index (Phi) is 5.76. The zero-order valence-electron chi connectivity index (χ0n) is 11.0. The fourth-order valence-electron chi connectivity index (χ4n) is 1.81. The molecule has 0 fully saturated rings. The standard InChI is InChI=1S/C13H17ClN2O3/c1-3-5-10(14)8-15-13(17)12-9(2)6-4-7-11(12)16(18)19/h4,6-7,10H,3,5,8H2,1-2H3,(H,15,17). The average molecular weight is 285 g/mol. The van der Waals surface area contributed by atoms with Crippen molar-refractivity contribution in [2.75, 3.05) is 6.54 Å². The van der Waals surface area contributed by atoms with Crippen molar-refractivity contribution in [3.63, 3.8) is 0 Å². The van der Waals surface area contributed by atoms with Gasteiger partial charge in [0.05, 0.1) is 10.3 Å². The van der Waals surface area contributed by atoms with Crippen LogP contribution in [0.1, 0.15) is 35.7 Å². The van der Waals surface area contributed by atoms with Gasteiger partial charge in [0.2, 0.25) is 0 Å². The smallest absolute Gasteiger partial charge is 0.282 e. The molecule has 6 heteroatoms. The molecule has 0 aromatic heterocycles. The van der Waals surface area contributed by atoms with Crippen molar-refractivity contribution < 1.29 is 9.72 Å². The number of hydrogen-bond donors (Lipinski definition) is 1. The fourth-order valence-corrected chi connectivity index (χ4v) is 2.10. The Morgan fingerprint density at radius 3 is 2.79 bits per heavy atom. The predicted octanol–water partition coefficient (Wildman–Crippen LogP) is 3.04. The van der Waals surface area contributed by atoms with E-state index in [2.05, 4.69) is 5.32 Å². The summed E-state index contributed by atoms with van der Waals surface area (Å²) in [7, 11) is 0. The van der Waals surface area contributed by atoms with Crippen molar-refractivity contribution in [3.8, 4) is 0 Å². The highest BCUT2D eigenvalue weighted by Crippen LogP contribution is 2.21. The Balaban J connectivity index is 2.85. The molecule has 0 heterocycles. The fraction of sp³-hybridized carbons (Fsp3) is 0.462. The minimum Gasteiger partial charge on any atom is -0.350 e. The summed E-state index contributed by atoms with van der Waals surface area (Å²) in [4.78, 5) is 22.4. The normalized spacial score (nSPS) is 11.9. The Labute approximate surface area is 117 Å². The lowest BCUT2D eigenvalue weighted by atomic mass is 10.1. The molecule has 1 atom stereocenters. The lowest BCUT2D eigenvalue weighted by molar-refractivity contribution is -0.385. The molecule has 19 heavy (non-hydrogen) atoms. The summed E-state index contributed by atoms with van der Waals surface area (Å²) in [6.45, 7) is 3.98. The van der Waals surface area contributed by atoms with Crippen LogP contribution in [0, 0.1) is 17.0 Å². The summed E-state index contributed by atoms with van der Waals surface area (Å²) in [5, 5.41) is 13.4. The number of benzene rings is 1. The summed E-state index contributed by atoms with van der Waals surface area (Å²) < 4.78 is 0. The van der Waals surface area contributed by atoms with Crippen LogP contribution >= 0.6 is 11.6 Å². The van der Waals surface area contributed by atoms with Crippen molar-refractivity contribution in [2.45, 2.75) is 32.1 Å². The van der Waals surface area contributed by atoms with Crippen LogP contribution in [0.5, 0.6) is 0 Å². The van der Waals surface area contributed by atoms with Gasteiger partial charge in [0, 0.05) is 12.6 Å². The van der Waals surface area contributed by atoms with Gasteiger partial charge in [-0.2, -0.15) is 0 Å². The lowest BCUT2D eigenvalue weighted by Gasteiger charge is -2.11. The molecule has 0 spiro atoms. The van der Waals surface area contributed by atoms with E-state index < -0.39 is 10.8 Å². The molecule has 1 N–H and O–H groups in total. The van der Waals surface area contributed by atoms with Crippen LogP contribution in [0.4, 0.5) is 5.69 Å². The van der Waals surface area contributed by atoms with Gasteiger partial charge in [0.1, 0.15) is 5.56 Å². The van der Waals surface area contributed by atoms with Crippen LogP contribution in [0.2, 0.25) is 0 Å². The van der Waals surface area contributed by atoms with Crippen LogP contribution in [0.15, 0.2) is 18.2 Å². The van der Waals surface area contributed by atoms with E-state index in [1.807, 2.05) is 6.92 Å². The molecule has 0 saturated carbocycles. The first-order valence-corrected chi connectivity index (χ1v) is 6.57. The van der Waals surface area contributed by atoms with Gasteiger partial charge in [-0.25, -0.2) is 0 Å². The number of carbonyl (C=O) groups is 1. The minimum absolute atomic E-state index is 0.105. The molecule has 5 nitrogen and oxygen atoms in total. The number of nitro benzene ring substituents is 1. The van der Waals surface area contributed by atoms with Crippen molar-refractivity contribution in [1.82, 2.24) is 5.32 Å². The van der Waals surface area contributed by atoms with Gasteiger partial charge < -0.3 is 5.32 Å². The SMILES string of the molecule is CCCC(Cl)CNC(=O)c1c(C)cccc1[N+](=O)[O-]. The molecule has 104 valence electrons. The van der Waals surface area contributed by atoms with Crippen molar-refractivity contribution in [3.05, 3.63) is 39.4 Å². The molecular formula is C13H17ClN2O3. The van der Waals surface area contributed by atoms with Crippen LogP contribution in [0.3, 0.4) is 0 Å². The molecule has 0 radical (unpaired) electrons. The molecule has 1 unspecified atom stereocenters. The van der Waals surface area contributed by atoms with Crippen LogP contribution in [-0.2, 0) is 0 Å². The molecule has 1 rings (SSSR count). The zero-order chi connectivity index (χ0) is 14.4. The molecule has 0 aliphatic heterocycles. The van der Waals surface area contributed by atoms with E-state index in [-0.39, 0.29) is 16.6 Å². The highest BCUT2D eigenvalue weighted by atomic mass is 35.5. The highest BCUT2D eigenvalue weighted by molar-refractivity contribution is 6.21. The van der Waals surface area contributed by atoms with Gasteiger partial charge in [0.25, 0.3) is 11.6 Å². The molecule has 0 bridgehead atoms. The number of nitro groups is 1. The van der Waals surface area contributed by atoms with Crippen LogP contribution in [-0.4, -0.2) is 22.8 Å². The van der Waals surface area contributed by atoms with Gasteiger partial charge >= 0.3 is 0 Å². The third-order valence-electron chi connectivity index (χ3n) is 2.76. The molecule has 0 aliphatic carbocycles. The van der Waals surface area contributed by atoms with E-state index in [4.69, 9.17) is 11.6 Å². The van der Waals surface area contributed by atoms with E-state index >= 15 is 0 Å². The van der Waals surface area contributed by atoms with Gasteiger partial charge in [-0.1, -0.05) is 25.5 Å². The predicted molar refractivity (Wildman–Crippen MR) is 74.7 cm³/mol. The Morgan fingerprint density at radius 1 is 1.53 bits per heavy atom. The van der Waals surface area contributed by atoms with Crippen molar-refractivity contribution >= 4 is 23.2 Å². The first-order valence-electron chi connectivity index (χ1n) is 6.13. The molecule has 0 aliphatic rings. The summed E-state index contributed by atoms with van der Waals surface area (Å²) in [5.74, 6) is -0.452. The molecule has 1 aromatic rings. The Bertz CT molecular complexity index is 477. The summed E-state index contributed by atoms with van der Waals surface area (Å²) in [6, 6.07) is 4.56. The van der Waals surface area contributed by atoms with Gasteiger partial charge in [-0.05, 0) is 18.9 Å². The summed E-state index contributed by atoms with van der Waals surface area (Å²) >= 11 is 6.01. The number of alkyl halides is 1. The number of aryl methyl sites for hydroxylation is 1. The third-order valence-corrected chi connectivity index (χ3v) is 3.13. The Morgan fingerprint density at radius 2 is 2.21 bits per heavy atom. The zero-order valence-corrected chi connectivity index (χ0v) is 11.7. The maximum Gasteiger partial charge on any atom is 0.282 e. The Hall–Kier alpha value is -1.62. The molecular weight excluding hydrogens is 268 g/mol. The van der Waals surface area contributed by atoms with Gasteiger partial charge in [0.15, 0.2) is 0 Å². The highest BCUT2D eigenvalue weighted by Gasteiger charge is 2.22. The number of nitrogens with one attached hydrogen (secondary N) is 1.